The number of benzene rings is 1. The molecule has 1 aliphatic carbocycles. The number of nitro groups is 1. The van der Waals surface area contributed by atoms with Gasteiger partial charge in [0, 0.05) is 17.9 Å². The third kappa shape index (κ3) is 7.69. The zero-order chi connectivity index (χ0) is 27.8. The summed E-state index contributed by atoms with van der Waals surface area (Å²) in [4.78, 5) is 38.1. The molecule has 1 amide bonds. The van der Waals surface area contributed by atoms with E-state index >= 15 is 0 Å². The summed E-state index contributed by atoms with van der Waals surface area (Å²) in [6.07, 6.45) is 5.68. The van der Waals surface area contributed by atoms with Crippen LogP contribution in [0.25, 0.3) is 0 Å². The Bertz CT molecular complexity index is 969. The van der Waals surface area contributed by atoms with Gasteiger partial charge in [0.25, 0.3) is 5.54 Å². The maximum absolute atomic E-state index is 13.2. The van der Waals surface area contributed by atoms with Gasteiger partial charge in [0.15, 0.2) is 6.61 Å². The maximum Gasteiger partial charge on any atom is 0.410 e. The molecule has 1 aliphatic heterocycles. The Balaban J connectivity index is 1.75. The fraction of sp³-hybridized carbons (Fsp3) is 0.643. The van der Waals surface area contributed by atoms with Crippen molar-refractivity contribution in [2.45, 2.75) is 88.5 Å². The van der Waals surface area contributed by atoms with E-state index in [0.29, 0.717) is 18.9 Å². The van der Waals surface area contributed by atoms with Crippen molar-refractivity contribution in [1.82, 2.24) is 4.90 Å². The highest BCUT2D eigenvalue weighted by Gasteiger charge is 2.58. The van der Waals surface area contributed by atoms with E-state index in [4.69, 9.17) is 14.2 Å². The van der Waals surface area contributed by atoms with Gasteiger partial charge in [-0.3, -0.25) is 15.0 Å². The average molecular weight is 533 g/mol. The first-order valence-electron chi connectivity index (χ1n) is 13.2. The van der Waals surface area contributed by atoms with Gasteiger partial charge in [-0.15, -0.1) is 0 Å². The molecule has 0 spiro atoms. The van der Waals surface area contributed by atoms with Crippen LogP contribution in [0.5, 0.6) is 0 Å². The summed E-state index contributed by atoms with van der Waals surface area (Å²) >= 11 is 0. The van der Waals surface area contributed by atoms with Gasteiger partial charge in [-0.05, 0) is 64.4 Å². The first kappa shape index (κ1) is 29.4. The lowest BCUT2D eigenvalue weighted by Gasteiger charge is -2.44. The maximum atomic E-state index is 13.2. The van der Waals surface area contributed by atoms with Crippen LogP contribution >= 0.6 is 0 Å². The molecule has 10 heteroatoms. The van der Waals surface area contributed by atoms with Crippen molar-refractivity contribution >= 4 is 12.1 Å². The minimum atomic E-state index is -1.63. The fourth-order valence-electron chi connectivity index (χ4n) is 5.27. The Morgan fingerprint density at radius 1 is 1.16 bits per heavy atom. The Morgan fingerprint density at radius 2 is 1.84 bits per heavy atom. The van der Waals surface area contributed by atoms with Gasteiger partial charge in [0.2, 0.25) is 0 Å². The summed E-state index contributed by atoms with van der Waals surface area (Å²) < 4.78 is 21.9. The van der Waals surface area contributed by atoms with E-state index in [1.807, 2.05) is 18.2 Å². The zero-order valence-corrected chi connectivity index (χ0v) is 22.8. The van der Waals surface area contributed by atoms with Crippen molar-refractivity contribution in [1.29, 1.82) is 0 Å². The van der Waals surface area contributed by atoms with Crippen LogP contribution in [-0.2, 0) is 23.7 Å². The molecular formula is C28H40N2O8. The van der Waals surface area contributed by atoms with Gasteiger partial charge < -0.3 is 18.9 Å². The molecule has 0 aromatic heterocycles. The molecule has 1 aromatic carbocycles. The minimum absolute atomic E-state index is 0.00896. The second kappa shape index (κ2) is 13.1. The largest absolute Gasteiger partial charge is 0.493 e. The highest BCUT2D eigenvalue weighted by Crippen LogP contribution is 2.36. The molecule has 10 nitrogen and oxygen atoms in total. The molecule has 1 aromatic rings. The van der Waals surface area contributed by atoms with Gasteiger partial charge in [-0.2, -0.15) is 0 Å². The van der Waals surface area contributed by atoms with E-state index in [9.17, 15) is 19.7 Å². The summed E-state index contributed by atoms with van der Waals surface area (Å²) in [6, 6.07) is 9.49. The molecule has 0 radical (unpaired) electrons. The Morgan fingerprint density at radius 3 is 2.45 bits per heavy atom. The van der Waals surface area contributed by atoms with Crippen molar-refractivity contribution in [2.75, 3.05) is 26.9 Å². The molecule has 2 unspecified atom stereocenters. The van der Waals surface area contributed by atoms with Gasteiger partial charge in [0.1, 0.15) is 11.6 Å². The molecule has 2 aliphatic rings. The number of esters is 1. The lowest BCUT2D eigenvalue weighted by atomic mass is 9.81. The molecule has 2 atom stereocenters. The summed E-state index contributed by atoms with van der Waals surface area (Å²) in [5, 5.41) is 12.6. The Kier molecular flexibility index (Phi) is 10.1. The number of likely N-dealkylation sites (tertiary alicyclic amines) is 1. The van der Waals surface area contributed by atoms with E-state index in [2.05, 4.69) is 16.9 Å². The molecule has 0 bridgehead atoms. The van der Waals surface area contributed by atoms with E-state index < -0.39 is 29.2 Å². The van der Waals surface area contributed by atoms with Crippen LogP contribution in [0.2, 0.25) is 0 Å². The molecule has 1 heterocycles. The molecule has 0 N–H and O–H groups in total. The molecular weight excluding hydrogens is 492 g/mol. The quantitative estimate of drug-likeness (QED) is 0.146. The molecule has 1 saturated carbocycles. The van der Waals surface area contributed by atoms with E-state index in [-0.39, 0.29) is 30.7 Å². The number of hydrogen-bond acceptors (Lipinski definition) is 8. The van der Waals surface area contributed by atoms with E-state index in [1.54, 1.807) is 20.8 Å². The van der Waals surface area contributed by atoms with Crippen molar-refractivity contribution < 1.29 is 33.5 Å². The topological polar surface area (TPSA) is 117 Å². The number of nitrogens with zero attached hydrogens (tertiary/aromatic N) is 2. The van der Waals surface area contributed by atoms with Gasteiger partial charge >= 0.3 is 12.1 Å². The van der Waals surface area contributed by atoms with Crippen LogP contribution in [0.1, 0.15) is 70.8 Å². The van der Waals surface area contributed by atoms with Crippen molar-refractivity contribution in [3.63, 3.8) is 0 Å². The number of rotatable bonds is 9. The van der Waals surface area contributed by atoms with E-state index in [1.165, 1.54) is 17.6 Å². The highest BCUT2D eigenvalue weighted by molar-refractivity contribution is 5.81. The third-order valence-corrected chi connectivity index (χ3v) is 7.27. The number of hydrogen-bond donors (Lipinski definition) is 0. The summed E-state index contributed by atoms with van der Waals surface area (Å²) in [7, 11) is 1.23. The first-order valence-corrected chi connectivity index (χ1v) is 13.2. The average Bonchev–Trinajstić information content (AvgIpc) is 2.89. The molecule has 38 heavy (non-hydrogen) atoms. The summed E-state index contributed by atoms with van der Waals surface area (Å²) in [6.45, 7) is 5.25. The lowest BCUT2D eigenvalue weighted by Crippen LogP contribution is -2.66. The molecule has 210 valence electrons. The molecule has 1 saturated heterocycles. The van der Waals surface area contributed by atoms with Gasteiger partial charge in [-0.25, -0.2) is 9.59 Å². The number of carbonyl (C=O) groups excluding carboxylic acids is 2. The monoisotopic (exact) mass is 532 g/mol. The van der Waals surface area contributed by atoms with Crippen molar-refractivity contribution in [2.24, 2.45) is 0 Å². The predicted octanol–water partition coefficient (Wildman–Crippen LogP) is 4.85. The predicted molar refractivity (Wildman–Crippen MR) is 140 cm³/mol. The SMILES string of the molecule is COC(=O)/C=C\OCC1([N+](=O)[O-])CCCN(C(=O)OC(C)(C)C)C1COC1CCC(c2ccccc2)CC1. The molecule has 2 fully saturated rings. The van der Waals surface area contributed by atoms with Crippen LogP contribution in [0.3, 0.4) is 0 Å². The van der Waals surface area contributed by atoms with Crippen LogP contribution in [0.15, 0.2) is 42.7 Å². The Labute approximate surface area is 224 Å². The van der Waals surface area contributed by atoms with Crippen LogP contribution in [-0.4, -0.2) is 72.0 Å². The van der Waals surface area contributed by atoms with E-state index in [0.717, 1.165) is 38.0 Å². The van der Waals surface area contributed by atoms with Crippen molar-refractivity contribution in [3.05, 3.63) is 58.3 Å². The van der Waals surface area contributed by atoms with Gasteiger partial charge in [-0.1, -0.05) is 30.3 Å². The standard InChI is InChI=1S/C28H40N2O8/c1-27(2,3)38-26(32)29-17-8-16-28(30(33)34,20-36-18-15-25(31)35-4)24(29)19-37-23-13-11-22(12-14-23)21-9-6-5-7-10-21/h5-7,9-10,15,18,22-24H,8,11-14,16-17,19-20H2,1-4H3/b18-15-. The van der Waals surface area contributed by atoms with Gasteiger partial charge in [0.05, 0.1) is 32.2 Å². The minimum Gasteiger partial charge on any atom is -0.493 e. The van der Waals surface area contributed by atoms with Crippen LogP contribution in [0.4, 0.5) is 4.79 Å². The number of methoxy groups -OCH3 is 1. The van der Waals surface area contributed by atoms with Crippen LogP contribution in [0, 0.1) is 10.1 Å². The fourth-order valence-corrected chi connectivity index (χ4v) is 5.27. The molecule has 3 rings (SSSR count). The number of amides is 1. The van der Waals surface area contributed by atoms with Crippen molar-refractivity contribution in [3.8, 4) is 0 Å². The third-order valence-electron chi connectivity index (χ3n) is 7.27. The summed E-state index contributed by atoms with van der Waals surface area (Å²) in [5.41, 5.74) is -1.07. The number of carbonyl (C=O) groups is 2. The summed E-state index contributed by atoms with van der Waals surface area (Å²) in [5.74, 6) is -0.165. The second-order valence-corrected chi connectivity index (χ2v) is 11.0. The van der Waals surface area contributed by atoms with Crippen LogP contribution < -0.4 is 0 Å². The second-order valence-electron chi connectivity index (χ2n) is 11.0. The number of ether oxygens (including phenoxy) is 4. The highest BCUT2D eigenvalue weighted by atomic mass is 16.6. The number of piperidine rings is 1. The normalized spacial score (nSPS) is 26.1. The first-order chi connectivity index (χ1) is 18.1. The lowest BCUT2D eigenvalue weighted by molar-refractivity contribution is -0.586. The Hall–Kier alpha value is -3.14. The zero-order valence-electron chi connectivity index (χ0n) is 22.8. The smallest absolute Gasteiger partial charge is 0.410 e.